The molecule has 0 amide bonds. The molecule has 0 radical (unpaired) electrons. The number of nitrogens with zero attached hydrogens (tertiary/aromatic N) is 1. The van der Waals surface area contributed by atoms with Gasteiger partial charge in [0.15, 0.2) is 5.78 Å². The summed E-state index contributed by atoms with van der Waals surface area (Å²) in [7, 11) is 0. The predicted molar refractivity (Wildman–Crippen MR) is 102 cm³/mol. The molecule has 0 aliphatic rings. The van der Waals surface area contributed by atoms with Gasteiger partial charge in [0.1, 0.15) is 9.83 Å². The third-order valence-electron chi connectivity index (χ3n) is 3.74. The molecule has 0 atom stereocenters. The van der Waals surface area contributed by atoms with E-state index in [0.29, 0.717) is 10.6 Å². The molecular formula is C19H19N3OS. The molecule has 0 spiro atoms. The first-order valence-electron chi connectivity index (χ1n) is 7.66. The second-order valence-corrected chi connectivity index (χ2v) is 6.82. The molecule has 1 aromatic carbocycles. The Kier molecular flexibility index (Phi) is 4.36. The predicted octanol–water partition coefficient (Wildman–Crippen LogP) is 4.69. The minimum absolute atomic E-state index is 0.0376. The van der Waals surface area contributed by atoms with Crippen LogP contribution in [0.4, 0.5) is 10.7 Å². The highest BCUT2D eigenvalue weighted by atomic mass is 32.1. The second-order valence-electron chi connectivity index (χ2n) is 5.78. The monoisotopic (exact) mass is 337 g/mol. The number of anilines is 2. The minimum atomic E-state index is -0.0376. The van der Waals surface area contributed by atoms with Crippen LogP contribution in [0, 0.1) is 13.8 Å². The molecule has 0 aliphatic heterocycles. The van der Waals surface area contributed by atoms with Gasteiger partial charge in [-0.25, -0.2) is 4.98 Å². The molecule has 122 valence electrons. The molecule has 4 nitrogen and oxygen atoms in total. The number of hydrogen-bond donors (Lipinski definition) is 2. The Morgan fingerprint density at radius 1 is 1.25 bits per heavy atom. The summed E-state index contributed by atoms with van der Waals surface area (Å²) in [5.41, 5.74) is 10.5. The van der Waals surface area contributed by atoms with Gasteiger partial charge in [0, 0.05) is 28.4 Å². The summed E-state index contributed by atoms with van der Waals surface area (Å²) >= 11 is 1.46. The maximum Gasteiger partial charge on any atom is 0.187 e. The lowest BCUT2D eigenvalue weighted by atomic mass is 10.1. The number of aromatic nitrogens is 1. The number of carbonyl (C=O) groups is 1. The third-order valence-corrected chi connectivity index (χ3v) is 4.66. The fraction of sp³-hybridized carbons (Fsp3) is 0.158. The summed E-state index contributed by atoms with van der Waals surface area (Å²) in [5, 5.41) is 4.97. The molecular weight excluding hydrogens is 318 g/mol. The van der Waals surface area contributed by atoms with Crippen LogP contribution < -0.4 is 11.1 Å². The lowest BCUT2D eigenvalue weighted by molar-refractivity contribution is 0.104. The van der Waals surface area contributed by atoms with Crippen molar-refractivity contribution in [2.45, 2.75) is 20.8 Å². The van der Waals surface area contributed by atoms with Gasteiger partial charge in [-0.3, -0.25) is 4.79 Å². The van der Waals surface area contributed by atoms with Crippen LogP contribution in [0.15, 0.2) is 48.2 Å². The summed E-state index contributed by atoms with van der Waals surface area (Å²) in [6.45, 7) is 5.88. The number of nitrogen functional groups attached to an aromatic ring is 1. The Hall–Kier alpha value is -2.66. The first kappa shape index (κ1) is 16.2. The molecule has 3 N–H and O–H groups in total. The molecule has 2 heterocycles. The van der Waals surface area contributed by atoms with E-state index < -0.39 is 0 Å². The zero-order valence-corrected chi connectivity index (χ0v) is 14.7. The number of aryl methyl sites for hydroxylation is 2. The molecule has 24 heavy (non-hydrogen) atoms. The van der Waals surface area contributed by atoms with Crippen LogP contribution in [0.1, 0.15) is 28.5 Å². The van der Waals surface area contributed by atoms with Crippen molar-refractivity contribution in [1.29, 1.82) is 0 Å². The zero-order valence-electron chi connectivity index (χ0n) is 13.9. The van der Waals surface area contributed by atoms with E-state index in [4.69, 9.17) is 5.73 Å². The van der Waals surface area contributed by atoms with Gasteiger partial charge in [-0.15, -0.1) is 0 Å². The van der Waals surface area contributed by atoms with Gasteiger partial charge in [0.05, 0.1) is 5.69 Å². The SMILES string of the molecule is CC(=CC(=O)c1ccccc1)Nc1c(N)sc2nc(C)cc(C)c12. The van der Waals surface area contributed by atoms with Crippen molar-refractivity contribution in [3.63, 3.8) is 0 Å². The van der Waals surface area contributed by atoms with Crippen molar-refractivity contribution in [2.24, 2.45) is 0 Å². The van der Waals surface area contributed by atoms with Crippen molar-refractivity contribution in [3.8, 4) is 0 Å². The number of ketones is 1. The standard InChI is InChI=1S/C19H19N3OS/c1-11-9-12(2)22-19-16(11)17(18(20)24-19)21-13(3)10-15(23)14-7-5-4-6-8-14/h4-10,21H,20H2,1-3H3. The summed E-state index contributed by atoms with van der Waals surface area (Å²) in [6, 6.07) is 11.2. The molecule has 2 aromatic heterocycles. The molecule has 0 unspecified atom stereocenters. The summed E-state index contributed by atoms with van der Waals surface area (Å²) in [6.07, 6.45) is 1.59. The number of hydrogen-bond acceptors (Lipinski definition) is 5. The summed E-state index contributed by atoms with van der Waals surface area (Å²) < 4.78 is 0. The zero-order chi connectivity index (χ0) is 17.3. The van der Waals surface area contributed by atoms with Crippen molar-refractivity contribution < 1.29 is 4.79 Å². The first-order valence-corrected chi connectivity index (χ1v) is 8.48. The smallest absolute Gasteiger partial charge is 0.187 e. The fourth-order valence-corrected chi connectivity index (χ4v) is 3.72. The molecule has 0 saturated carbocycles. The van der Waals surface area contributed by atoms with Gasteiger partial charge in [0.2, 0.25) is 0 Å². The van der Waals surface area contributed by atoms with E-state index in [1.165, 1.54) is 11.3 Å². The van der Waals surface area contributed by atoms with Crippen molar-refractivity contribution in [3.05, 3.63) is 65.0 Å². The Morgan fingerprint density at radius 2 is 1.96 bits per heavy atom. The van der Waals surface area contributed by atoms with Gasteiger partial charge < -0.3 is 11.1 Å². The average molecular weight is 337 g/mol. The molecule has 0 bridgehead atoms. The number of pyridine rings is 1. The highest BCUT2D eigenvalue weighted by Gasteiger charge is 2.14. The molecule has 0 saturated heterocycles. The van der Waals surface area contributed by atoms with Crippen molar-refractivity contribution in [2.75, 3.05) is 11.1 Å². The Bertz CT molecular complexity index is 942. The van der Waals surface area contributed by atoms with Gasteiger partial charge in [-0.2, -0.15) is 0 Å². The third kappa shape index (κ3) is 3.16. The maximum absolute atomic E-state index is 12.3. The number of thiophene rings is 1. The number of benzene rings is 1. The van der Waals surface area contributed by atoms with E-state index in [0.717, 1.165) is 32.9 Å². The normalized spacial score (nSPS) is 11.7. The number of fused-ring (bicyclic) bond motifs is 1. The topological polar surface area (TPSA) is 68.0 Å². The van der Waals surface area contributed by atoms with E-state index in [1.54, 1.807) is 18.2 Å². The van der Waals surface area contributed by atoms with Crippen LogP contribution in [-0.2, 0) is 0 Å². The van der Waals surface area contributed by atoms with Crippen LogP contribution in [-0.4, -0.2) is 10.8 Å². The molecule has 0 aliphatic carbocycles. The largest absolute Gasteiger partial charge is 0.389 e. The van der Waals surface area contributed by atoms with Crippen LogP contribution in [0.5, 0.6) is 0 Å². The Balaban J connectivity index is 1.94. The van der Waals surface area contributed by atoms with Crippen LogP contribution in [0.3, 0.4) is 0 Å². The van der Waals surface area contributed by atoms with Crippen molar-refractivity contribution in [1.82, 2.24) is 4.98 Å². The van der Waals surface area contributed by atoms with Gasteiger partial charge in [-0.1, -0.05) is 41.7 Å². The minimum Gasteiger partial charge on any atom is -0.389 e. The van der Waals surface area contributed by atoms with Crippen LogP contribution in [0.2, 0.25) is 0 Å². The molecule has 0 fully saturated rings. The summed E-state index contributed by atoms with van der Waals surface area (Å²) in [4.78, 5) is 17.7. The first-order chi connectivity index (χ1) is 11.5. The van der Waals surface area contributed by atoms with Crippen molar-refractivity contribution >= 4 is 38.0 Å². The van der Waals surface area contributed by atoms with E-state index >= 15 is 0 Å². The lowest BCUT2D eigenvalue weighted by Gasteiger charge is -2.08. The number of nitrogens with two attached hydrogens (primary N) is 1. The van der Waals surface area contributed by atoms with Gasteiger partial charge in [0.25, 0.3) is 0 Å². The van der Waals surface area contributed by atoms with Crippen LogP contribution in [0.25, 0.3) is 10.2 Å². The van der Waals surface area contributed by atoms with E-state index in [-0.39, 0.29) is 5.78 Å². The van der Waals surface area contributed by atoms with E-state index in [9.17, 15) is 4.79 Å². The highest BCUT2D eigenvalue weighted by Crippen LogP contribution is 2.39. The highest BCUT2D eigenvalue weighted by molar-refractivity contribution is 7.23. The van der Waals surface area contributed by atoms with Gasteiger partial charge >= 0.3 is 0 Å². The quantitative estimate of drug-likeness (QED) is 0.535. The number of carbonyl (C=O) groups excluding carboxylic acids is 1. The van der Waals surface area contributed by atoms with E-state index in [1.807, 2.05) is 45.0 Å². The average Bonchev–Trinajstić information content (AvgIpc) is 2.83. The van der Waals surface area contributed by atoms with Gasteiger partial charge in [-0.05, 0) is 32.4 Å². The van der Waals surface area contributed by atoms with E-state index in [2.05, 4.69) is 10.3 Å². The maximum atomic E-state index is 12.3. The molecule has 3 rings (SSSR count). The number of rotatable bonds is 4. The number of allylic oxidation sites excluding steroid dienone is 2. The molecule has 5 heteroatoms. The molecule has 3 aromatic rings. The Morgan fingerprint density at radius 3 is 2.67 bits per heavy atom. The second kappa shape index (κ2) is 6.45. The summed E-state index contributed by atoms with van der Waals surface area (Å²) in [5.74, 6) is -0.0376. The van der Waals surface area contributed by atoms with Crippen LogP contribution >= 0.6 is 11.3 Å². The Labute approximate surface area is 145 Å². The fourth-order valence-electron chi connectivity index (χ4n) is 2.70. The lowest BCUT2D eigenvalue weighted by Crippen LogP contribution is -2.02. The number of nitrogens with one attached hydrogen (secondary N) is 1.